The van der Waals surface area contributed by atoms with Gasteiger partial charge < -0.3 is 9.72 Å². The van der Waals surface area contributed by atoms with Gasteiger partial charge in [-0.1, -0.05) is 44.2 Å². The minimum absolute atomic E-state index is 0.321. The van der Waals surface area contributed by atoms with Gasteiger partial charge in [0.15, 0.2) is 0 Å². The summed E-state index contributed by atoms with van der Waals surface area (Å²) in [7, 11) is 0. The molecule has 5 nitrogen and oxygen atoms in total. The lowest BCUT2D eigenvalue weighted by molar-refractivity contribution is 0.0655. The Labute approximate surface area is 116 Å². The molecule has 1 aliphatic heterocycles. The van der Waals surface area contributed by atoms with E-state index in [1.165, 1.54) is 0 Å². The molecule has 0 spiro atoms. The normalized spacial score (nSPS) is 16.8. The highest BCUT2D eigenvalue weighted by atomic mass is 16.5. The summed E-state index contributed by atoms with van der Waals surface area (Å²) >= 11 is 0. The first-order valence-corrected chi connectivity index (χ1v) is 6.77. The van der Waals surface area contributed by atoms with Gasteiger partial charge in [0.05, 0.1) is 12.3 Å². The van der Waals surface area contributed by atoms with E-state index in [0.717, 1.165) is 5.56 Å². The number of H-pyrrole nitrogens is 2. The zero-order valence-electron chi connectivity index (χ0n) is 11.6. The zero-order chi connectivity index (χ0) is 14.5. The molecule has 1 aliphatic rings. The molecule has 1 unspecified atom stereocenters. The van der Waals surface area contributed by atoms with Crippen LogP contribution >= 0.6 is 0 Å². The number of hydrogen-bond donors (Lipinski definition) is 2. The van der Waals surface area contributed by atoms with Gasteiger partial charge in [0.25, 0.3) is 5.56 Å². The lowest BCUT2D eigenvalue weighted by Gasteiger charge is -2.24. The van der Waals surface area contributed by atoms with Gasteiger partial charge in [0, 0.05) is 12.0 Å². The van der Waals surface area contributed by atoms with E-state index in [1.54, 1.807) is 0 Å². The van der Waals surface area contributed by atoms with Crippen molar-refractivity contribution in [3.05, 3.63) is 68.0 Å². The minimum Gasteiger partial charge on any atom is -0.367 e. The van der Waals surface area contributed by atoms with E-state index >= 15 is 0 Å². The summed E-state index contributed by atoms with van der Waals surface area (Å²) in [6.45, 7) is 4.47. The summed E-state index contributed by atoms with van der Waals surface area (Å²) in [4.78, 5) is 28.0. The minimum atomic E-state index is -0.495. The van der Waals surface area contributed by atoms with Crippen LogP contribution in [0, 0.1) is 0 Å². The monoisotopic (exact) mass is 274 g/mol. The first kappa shape index (κ1) is 14.3. The average Bonchev–Trinajstić information content (AvgIpc) is 2.49. The molecule has 20 heavy (non-hydrogen) atoms. The van der Waals surface area contributed by atoms with Crippen molar-refractivity contribution >= 4 is 0 Å². The largest absolute Gasteiger partial charge is 0.367 e. The van der Waals surface area contributed by atoms with E-state index in [0.29, 0.717) is 24.3 Å². The van der Waals surface area contributed by atoms with E-state index < -0.39 is 5.69 Å². The van der Waals surface area contributed by atoms with E-state index in [4.69, 9.17) is 4.74 Å². The maximum Gasteiger partial charge on any atom is 0.326 e. The second-order valence-corrected chi connectivity index (χ2v) is 4.21. The summed E-state index contributed by atoms with van der Waals surface area (Å²) < 4.78 is 5.68. The first-order valence-electron chi connectivity index (χ1n) is 6.77. The van der Waals surface area contributed by atoms with Crippen LogP contribution in [0.25, 0.3) is 0 Å². The van der Waals surface area contributed by atoms with Crippen LogP contribution in [0.4, 0.5) is 0 Å². The third-order valence-electron chi connectivity index (χ3n) is 3.08. The molecule has 1 atom stereocenters. The summed E-state index contributed by atoms with van der Waals surface area (Å²) in [6.07, 6.45) is 0.148. The molecule has 3 rings (SSSR count). The van der Waals surface area contributed by atoms with Gasteiger partial charge in [-0.05, 0) is 5.56 Å². The van der Waals surface area contributed by atoms with Gasteiger partial charge in [-0.25, -0.2) is 4.79 Å². The second-order valence-electron chi connectivity index (χ2n) is 4.21. The molecule has 2 heterocycles. The fourth-order valence-electron chi connectivity index (χ4n) is 2.25. The number of fused-ring (bicyclic) bond motifs is 1. The number of hydrogen-bond acceptors (Lipinski definition) is 3. The fraction of sp³-hybridized carbons (Fsp3) is 0.333. The van der Waals surface area contributed by atoms with Gasteiger partial charge in [-0.3, -0.25) is 9.78 Å². The Hall–Kier alpha value is -2.14. The van der Waals surface area contributed by atoms with Gasteiger partial charge in [0.1, 0.15) is 6.10 Å². The molecule has 0 radical (unpaired) electrons. The van der Waals surface area contributed by atoms with Crippen molar-refractivity contribution in [1.82, 2.24) is 9.97 Å². The Bertz CT molecular complexity index is 674. The predicted molar refractivity (Wildman–Crippen MR) is 77.0 cm³/mol. The van der Waals surface area contributed by atoms with Gasteiger partial charge in [0.2, 0.25) is 0 Å². The Morgan fingerprint density at radius 1 is 1.10 bits per heavy atom. The van der Waals surface area contributed by atoms with E-state index in [1.807, 2.05) is 44.2 Å². The standard InChI is InChI=1S/C13H12N2O3.C2H6/c16-12-9-6-7-18-11(8-4-2-1-3-5-8)10(9)14-13(17)15-12;1-2/h1-5,11H,6-7H2,(H2,14,15,16,17);1-2H3. The quantitative estimate of drug-likeness (QED) is 0.832. The van der Waals surface area contributed by atoms with Crippen LogP contribution < -0.4 is 11.2 Å². The van der Waals surface area contributed by atoms with E-state index in [9.17, 15) is 9.59 Å². The summed E-state index contributed by atoms with van der Waals surface area (Å²) in [5.74, 6) is 0. The van der Waals surface area contributed by atoms with Crippen molar-refractivity contribution in [2.75, 3.05) is 6.61 Å². The number of aromatic nitrogens is 2. The molecule has 2 aromatic rings. The van der Waals surface area contributed by atoms with Crippen LogP contribution in [-0.4, -0.2) is 16.6 Å². The van der Waals surface area contributed by atoms with Gasteiger partial charge in [-0.2, -0.15) is 0 Å². The van der Waals surface area contributed by atoms with Crippen molar-refractivity contribution in [1.29, 1.82) is 0 Å². The summed E-state index contributed by atoms with van der Waals surface area (Å²) in [6, 6.07) is 9.54. The van der Waals surface area contributed by atoms with Crippen molar-refractivity contribution in [3.63, 3.8) is 0 Å². The third kappa shape index (κ3) is 2.72. The Morgan fingerprint density at radius 2 is 1.80 bits per heavy atom. The van der Waals surface area contributed by atoms with Crippen molar-refractivity contribution in [2.24, 2.45) is 0 Å². The SMILES string of the molecule is CC.O=c1[nH]c2c(c(=O)[nH]1)CCOC2c1ccccc1. The Balaban J connectivity index is 0.000000704. The molecule has 1 aromatic carbocycles. The van der Waals surface area contributed by atoms with Crippen LogP contribution in [0.15, 0.2) is 39.9 Å². The van der Waals surface area contributed by atoms with Crippen LogP contribution in [0.3, 0.4) is 0 Å². The number of benzene rings is 1. The van der Waals surface area contributed by atoms with Crippen LogP contribution in [-0.2, 0) is 11.2 Å². The van der Waals surface area contributed by atoms with Gasteiger partial charge >= 0.3 is 5.69 Å². The molecule has 0 amide bonds. The van der Waals surface area contributed by atoms with E-state index in [2.05, 4.69) is 9.97 Å². The van der Waals surface area contributed by atoms with Crippen LogP contribution in [0.1, 0.15) is 36.8 Å². The Kier molecular flexibility index (Phi) is 4.53. The molecule has 0 aliphatic carbocycles. The number of nitrogens with one attached hydrogen (secondary N) is 2. The molecule has 1 aromatic heterocycles. The number of rotatable bonds is 1. The average molecular weight is 274 g/mol. The highest BCUT2D eigenvalue weighted by molar-refractivity contribution is 5.31. The highest BCUT2D eigenvalue weighted by Gasteiger charge is 2.25. The summed E-state index contributed by atoms with van der Waals surface area (Å²) in [5, 5.41) is 0. The van der Waals surface area contributed by atoms with Crippen molar-refractivity contribution in [3.8, 4) is 0 Å². The highest BCUT2D eigenvalue weighted by Crippen LogP contribution is 2.28. The van der Waals surface area contributed by atoms with E-state index in [-0.39, 0.29) is 11.7 Å². The molecule has 0 bridgehead atoms. The number of aromatic amines is 2. The molecule has 2 N–H and O–H groups in total. The summed E-state index contributed by atoms with van der Waals surface area (Å²) in [5.41, 5.74) is 1.29. The molecule has 0 saturated carbocycles. The van der Waals surface area contributed by atoms with Crippen molar-refractivity contribution < 1.29 is 4.74 Å². The molecular formula is C15H18N2O3. The Morgan fingerprint density at radius 3 is 2.50 bits per heavy atom. The predicted octanol–water partition coefficient (Wildman–Crippen LogP) is 1.75. The smallest absolute Gasteiger partial charge is 0.326 e. The topological polar surface area (TPSA) is 75.0 Å². The fourth-order valence-corrected chi connectivity index (χ4v) is 2.25. The number of ether oxygens (including phenoxy) is 1. The molecule has 5 heteroatoms. The van der Waals surface area contributed by atoms with Crippen molar-refractivity contribution in [2.45, 2.75) is 26.4 Å². The molecule has 0 saturated heterocycles. The molecule has 0 fully saturated rings. The lowest BCUT2D eigenvalue weighted by Crippen LogP contribution is -2.33. The maximum atomic E-state index is 11.7. The maximum absolute atomic E-state index is 11.7. The van der Waals surface area contributed by atoms with Crippen LogP contribution in [0.2, 0.25) is 0 Å². The molecular weight excluding hydrogens is 256 g/mol. The lowest BCUT2D eigenvalue weighted by atomic mass is 9.99. The van der Waals surface area contributed by atoms with Crippen LogP contribution in [0.5, 0.6) is 0 Å². The first-order chi connectivity index (χ1) is 9.75. The zero-order valence-corrected chi connectivity index (χ0v) is 11.6. The molecule has 106 valence electrons. The third-order valence-corrected chi connectivity index (χ3v) is 3.08. The van der Waals surface area contributed by atoms with Gasteiger partial charge in [-0.15, -0.1) is 0 Å². The second kappa shape index (κ2) is 6.34.